The molecule has 186 valence electrons. The number of carbonyl (C=O) groups is 1. The van der Waals surface area contributed by atoms with Crippen molar-refractivity contribution >= 4 is 11.8 Å². The highest BCUT2D eigenvalue weighted by molar-refractivity contribution is 5.81. The molecular formula is C24H21F2N5O5. The minimum Gasteiger partial charge on any atom is -0.434 e. The highest BCUT2D eigenvalue weighted by Gasteiger charge is 2.45. The second kappa shape index (κ2) is 8.99. The van der Waals surface area contributed by atoms with Gasteiger partial charge in [0.25, 0.3) is 0 Å². The number of rotatable bonds is 7. The van der Waals surface area contributed by atoms with Crippen LogP contribution in [0.5, 0.6) is 5.75 Å². The average Bonchev–Trinajstić information content (AvgIpc) is 3.40. The largest absolute Gasteiger partial charge is 0.434 e. The first kappa shape index (κ1) is 23.9. The van der Waals surface area contributed by atoms with Crippen LogP contribution in [0.4, 0.5) is 8.78 Å². The fourth-order valence-electron chi connectivity index (χ4n) is 4.81. The van der Waals surface area contributed by atoms with E-state index < -0.39 is 24.7 Å². The van der Waals surface area contributed by atoms with Crippen LogP contribution in [0.2, 0.25) is 0 Å². The van der Waals surface area contributed by atoms with Gasteiger partial charge in [-0.05, 0) is 37.2 Å². The maximum Gasteiger partial charge on any atom is 0.387 e. The zero-order valence-corrected chi connectivity index (χ0v) is 18.9. The smallest absolute Gasteiger partial charge is 0.387 e. The SMILES string of the molecule is CN(C1CC(c2c(C=O)cccc2OC(F)F)c2c1nn1ccc(-c3cncnc3)cc21)C(O)(O)O. The molecule has 1 aromatic carbocycles. The molecule has 4 aromatic rings. The van der Waals surface area contributed by atoms with Gasteiger partial charge in [0.05, 0.1) is 17.3 Å². The first-order valence-electron chi connectivity index (χ1n) is 10.9. The molecule has 5 rings (SSSR count). The number of aromatic nitrogens is 4. The normalized spacial score (nSPS) is 17.7. The zero-order chi connectivity index (χ0) is 25.6. The Balaban J connectivity index is 1.75. The number of nitrogens with zero attached hydrogens (tertiary/aromatic N) is 5. The second-order valence-electron chi connectivity index (χ2n) is 8.44. The Hall–Kier alpha value is -3.84. The summed E-state index contributed by atoms with van der Waals surface area (Å²) in [6.07, 6.45) is 3.84. The third-order valence-corrected chi connectivity index (χ3v) is 6.45. The Morgan fingerprint density at radius 3 is 2.58 bits per heavy atom. The Labute approximate surface area is 203 Å². The van der Waals surface area contributed by atoms with Crippen molar-refractivity contribution in [3.05, 3.63) is 77.6 Å². The molecule has 2 atom stereocenters. The summed E-state index contributed by atoms with van der Waals surface area (Å²) in [5.41, 5.74) is 3.39. The van der Waals surface area contributed by atoms with Gasteiger partial charge in [0.2, 0.25) is 0 Å². The topological polar surface area (TPSA) is 133 Å². The molecule has 10 nitrogen and oxygen atoms in total. The molecule has 36 heavy (non-hydrogen) atoms. The molecule has 3 aromatic heterocycles. The highest BCUT2D eigenvalue weighted by Crippen LogP contribution is 2.51. The molecule has 0 bridgehead atoms. The minimum absolute atomic E-state index is 0.0945. The van der Waals surface area contributed by atoms with E-state index in [-0.39, 0.29) is 23.3 Å². The molecule has 0 saturated carbocycles. The van der Waals surface area contributed by atoms with Gasteiger partial charge < -0.3 is 20.1 Å². The fraction of sp³-hybridized carbons (Fsp3) is 0.250. The van der Waals surface area contributed by atoms with Crippen molar-refractivity contribution in [2.45, 2.75) is 31.1 Å². The Bertz CT molecular complexity index is 1420. The molecule has 0 saturated heterocycles. The number of fused-ring (bicyclic) bond motifs is 3. The molecule has 3 heterocycles. The van der Waals surface area contributed by atoms with Crippen molar-refractivity contribution in [2.75, 3.05) is 7.05 Å². The Morgan fingerprint density at radius 1 is 1.17 bits per heavy atom. The Morgan fingerprint density at radius 2 is 1.92 bits per heavy atom. The lowest BCUT2D eigenvalue weighted by Crippen LogP contribution is -2.47. The van der Waals surface area contributed by atoms with Crippen molar-refractivity contribution in [2.24, 2.45) is 0 Å². The van der Waals surface area contributed by atoms with Crippen LogP contribution in [0, 0.1) is 0 Å². The van der Waals surface area contributed by atoms with Gasteiger partial charge in [-0.15, -0.1) is 0 Å². The molecule has 0 spiro atoms. The van der Waals surface area contributed by atoms with E-state index in [1.54, 1.807) is 29.2 Å². The minimum atomic E-state index is -3.17. The van der Waals surface area contributed by atoms with E-state index >= 15 is 0 Å². The molecule has 0 radical (unpaired) electrons. The lowest BCUT2D eigenvalue weighted by molar-refractivity contribution is -0.396. The van der Waals surface area contributed by atoms with Crippen LogP contribution in [0.25, 0.3) is 16.6 Å². The molecule has 0 aliphatic heterocycles. The summed E-state index contributed by atoms with van der Waals surface area (Å²) in [6.45, 7) is -3.13. The quantitative estimate of drug-likeness (QED) is 0.260. The number of hydrogen-bond donors (Lipinski definition) is 3. The van der Waals surface area contributed by atoms with Crippen LogP contribution in [-0.4, -0.2) is 65.8 Å². The number of hydrogen-bond acceptors (Lipinski definition) is 9. The van der Waals surface area contributed by atoms with Gasteiger partial charge in [-0.2, -0.15) is 13.9 Å². The van der Waals surface area contributed by atoms with E-state index in [1.165, 1.54) is 31.6 Å². The molecular weight excluding hydrogens is 476 g/mol. The maximum absolute atomic E-state index is 13.3. The number of halogens is 2. The lowest BCUT2D eigenvalue weighted by atomic mass is 9.88. The molecule has 0 fully saturated rings. The summed E-state index contributed by atoms with van der Waals surface area (Å²) in [6, 6.07) is 7.05. The molecule has 1 aliphatic carbocycles. The number of benzene rings is 1. The zero-order valence-electron chi connectivity index (χ0n) is 18.9. The van der Waals surface area contributed by atoms with Crippen LogP contribution < -0.4 is 4.74 Å². The number of aliphatic hydroxyl groups is 3. The predicted octanol–water partition coefficient (Wildman–Crippen LogP) is 2.30. The second-order valence-corrected chi connectivity index (χ2v) is 8.44. The van der Waals surface area contributed by atoms with E-state index in [0.29, 0.717) is 23.1 Å². The van der Waals surface area contributed by atoms with Crippen LogP contribution in [0.15, 0.2) is 55.2 Å². The predicted molar refractivity (Wildman–Crippen MR) is 121 cm³/mol. The first-order valence-corrected chi connectivity index (χ1v) is 10.9. The Kier molecular flexibility index (Phi) is 5.96. The number of aldehydes is 1. The van der Waals surface area contributed by atoms with Gasteiger partial charge in [0, 0.05) is 46.8 Å². The number of alkyl halides is 2. The van der Waals surface area contributed by atoms with Crippen molar-refractivity contribution in [1.29, 1.82) is 0 Å². The number of carbonyl (C=O) groups excluding carboxylic acids is 1. The van der Waals surface area contributed by atoms with E-state index in [2.05, 4.69) is 15.1 Å². The van der Waals surface area contributed by atoms with Gasteiger partial charge >= 0.3 is 12.7 Å². The monoisotopic (exact) mass is 497 g/mol. The van der Waals surface area contributed by atoms with Crippen molar-refractivity contribution < 1.29 is 33.6 Å². The summed E-state index contributed by atoms with van der Waals surface area (Å²) in [5.74, 6) is -0.881. The summed E-state index contributed by atoms with van der Waals surface area (Å²) in [7, 11) is 1.29. The summed E-state index contributed by atoms with van der Waals surface area (Å²) in [4.78, 5) is 20.9. The average molecular weight is 497 g/mol. The summed E-state index contributed by atoms with van der Waals surface area (Å²) < 4.78 is 32.9. The van der Waals surface area contributed by atoms with Gasteiger partial charge in [0.15, 0.2) is 0 Å². The third kappa shape index (κ3) is 4.09. The molecule has 2 unspecified atom stereocenters. The third-order valence-electron chi connectivity index (χ3n) is 6.45. The van der Waals surface area contributed by atoms with Crippen LogP contribution >= 0.6 is 0 Å². The highest BCUT2D eigenvalue weighted by atomic mass is 19.3. The van der Waals surface area contributed by atoms with Gasteiger partial charge in [0.1, 0.15) is 18.4 Å². The lowest BCUT2D eigenvalue weighted by Gasteiger charge is -2.31. The van der Waals surface area contributed by atoms with Crippen LogP contribution in [0.3, 0.4) is 0 Å². The molecule has 3 N–H and O–H groups in total. The fourth-order valence-corrected chi connectivity index (χ4v) is 4.81. The van der Waals surface area contributed by atoms with E-state index in [4.69, 9.17) is 4.74 Å². The van der Waals surface area contributed by atoms with Gasteiger partial charge in [-0.1, -0.05) is 12.1 Å². The molecule has 1 aliphatic rings. The summed E-state index contributed by atoms with van der Waals surface area (Å²) in [5, 5.41) is 34.2. The van der Waals surface area contributed by atoms with Gasteiger partial charge in [-0.3, -0.25) is 4.79 Å². The summed E-state index contributed by atoms with van der Waals surface area (Å²) >= 11 is 0. The van der Waals surface area contributed by atoms with Crippen LogP contribution in [0.1, 0.15) is 45.6 Å². The van der Waals surface area contributed by atoms with E-state index in [0.717, 1.165) is 16.0 Å². The van der Waals surface area contributed by atoms with Crippen molar-refractivity contribution in [1.82, 2.24) is 24.5 Å². The van der Waals surface area contributed by atoms with E-state index in [1.807, 2.05) is 6.07 Å². The van der Waals surface area contributed by atoms with Crippen LogP contribution in [-0.2, 0) is 0 Å². The van der Waals surface area contributed by atoms with E-state index in [9.17, 15) is 28.9 Å². The van der Waals surface area contributed by atoms with Crippen molar-refractivity contribution in [3.8, 4) is 16.9 Å². The standard InChI is InChI=1S/C24H21F2N5O5/c1-30(24(33,34)35)18-8-16(20-14(11-32)3-2-4-19(20)36-23(25)26)21-17-7-13(15-9-27-12-28-10-15)5-6-31(17)29-22(18)21/h2-7,9-12,16,18,23,33-35H,8H2,1H3. The first-order chi connectivity index (χ1) is 17.2. The maximum atomic E-state index is 13.3. The number of pyridine rings is 1. The molecule has 12 heteroatoms. The van der Waals surface area contributed by atoms with Gasteiger partial charge in [-0.25, -0.2) is 19.4 Å². The number of ether oxygens (including phenoxy) is 1. The van der Waals surface area contributed by atoms with Crippen molar-refractivity contribution in [3.63, 3.8) is 0 Å². The molecule has 0 amide bonds.